The van der Waals surface area contributed by atoms with Gasteiger partial charge in [-0.25, -0.2) is 13.9 Å². The quantitative estimate of drug-likeness (QED) is 0.191. The highest BCUT2D eigenvalue weighted by atomic mass is 19.1. The van der Waals surface area contributed by atoms with Crippen molar-refractivity contribution in [1.29, 1.82) is 0 Å². The Morgan fingerprint density at radius 3 is 2.21 bits per heavy atom. The highest BCUT2D eigenvalue weighted by Crippen LogP contribution is 2.35. The van der Waals surface area contributed by atoms with Crippen LogP contribution in [0, 0.1) is 12.7 Å². The van der Waals surface area contributed by atoms with Crippen molar-refractivity contribution in [1.82, 2.24) is 14.6 Å². The number of carbonyl (C=O) groups is 1. The number of fused-ring (bicyclic) bond motifs is 9. The summed E-state index contributed by atoms with van der Waals surface area (Å²) < 4.78 is 28.1. The number of aliphatic hydroxyl groups is 2. The molecule has 0 amide bonds. The second-order valence-electron chi connectivity index (χ2n) is 12.2. The predicted octanol–water partition coefficient (Wildman–Crippen LogP) is 7.64. The van der Waals surface area contributed by atoms with Crippen molar-refractivity contribution in [3.8, 4) is 45.1 Å². The molecule has 2 aliphatic rings. The van der Waals surface area contributed by atoms with Crippen LogP contribution in [0.15, 0.2) is 72.8 Å². The molecule has 47 heavy (non-hydrogen) atoms. The van der Waals surface area contributed by atoms with Gasteiger partial charge in [-0.05, 0) is 101 Å². The summed E-state index contributed by atoms with van der Waals surface area (Å²) in [6.07, 6.45) is 4.97. The smallest absolute Gasteiger partial charge is 0.156 e. The monoisotopic (exact) mass is 641 g/mol. The molecule has 2 aliphatic heterocycles. The number of carbonyl (C=O) groups excluding carboxylic acids is 1. The molecule has 8 nitrogen and oxygen atoms in total. The third-order valence-electron chi connectivity index (χ3n) is 7.30. The average Bonchev–Trinajstić information content (AvgIpc) is 3.47. The summed E-state index contributed by atoms with van der Waals surface area (Å²) in [4.78, 5) is 16.4. The van der Waals surface area contributed by atoms with Gasteiger partial charge in [-0.15, -0.1) is 0 Å². The molecule has 2 aromatic heterocycles. The number of benzene rings is 3. The minimum atomic E-state index is -0.500. The van der Waals surface area contributed by atoms with Gasteiger partial charge >= 0.3 is 0 Å². The van der Waals surface area contributed by atoms with E-state index in [4.69, 9.17) is 29.8 Å². The Morgan fingerprint density at radius 2 is 1.53 bits per heavy atom. The van der Waals surface area contributed by atoms with Gasteiger partial charge in [0.05, 0.1) is 30.2 Å². The van der Waals surface area contributed by atoms with Crippen LogP contribution >= 0.6 is 0 Å². The highest BCUT2D eigenvalue weighted by molar-refractivity contribution is 5.78. The number of ether oxygens (including phenoxy) is 2. The van der Waals surface area contributed by atoms with Crippen molar-refractivity contribution in [2.24, 2.45) is 0 Å². The van der Waals surface area contributed by atoms with E-state index < -0.39 is 5.60 Å². The molecule has 4 heterocycles. The normalized spacial score (nSPS) is 13.1. The average molecular weight is 642 g/mol. The Morgan fingerprint density at radius 1 is 0.872 bits per heavy atom. The fourth-order valence-corrected chi connectivity index (χ4v) is 5.26. The number of hydrogen-bond donors (Lipinski definition) is 2. The summed E-state index contributed by atoms with van der Waals surface area (Å²) in [5.41, 5.74) is 6.97. The molecule has 0 radical (unpaired) electrons. The second-order valence-corrected chi connectivity index (χ2v) is 12.2. The number of aromatic nitrogens is 3. The summed E-state index contributed by atoms with van der Waals surface area (Å²) >= 11 is 0. The third-order valence-corrected chi connectivity index (χ3v) is 7.30. The van der Waals surface area contributed by atoms with E-state index in [1.165, 1.54) is 12.1 Å². The molecule has 0 saturated carbocycles. The van der Waals surface area contributed by atoms with E-state index in [9.17, 15) is 9.18 Å². The van der Waals surface area contributed by atoms with Gasteiger partial charge in [-0.2, -0.15) is 5.10 Å². The van der Waals surface area contributed by atoms with Crippen molar-refractivity contribution in [3.05, 3.63) is 89.9 Å². The fraction of sp³-hybridized carbons (Fsp3) is 0.342. The molecule has 9 heteroatoms. The van der Waals surface area contributed by atoms with Crippen molar-refractivity contribution in [2.45, 2.75) is 65.4 Å². The van der Waals surface area contributed by atoms with E-state index >= 15 is 0 Å². The Kier molecular flexibility index (Phi) is 12.2. The zero-order valence-electron chi connectivity index (χ0n) is 27.8. The molecular weight excluding hydrogens is 597 g/mol. The van der Waals surface area contributed by atoms with Crippen LogP contribution in [0.25, 0.3) is 39.3 Å². The number of halogens is 1. The lowest BCUT2D eigenvalue weighted by molar-refractivity contribution is -0.107. The first-order valence-electron chi connectivity index (χ1n) is 15.9. The van der Waals surface area contributed by atoms with Crippen LogP contribution in [0.1, 0.15) is 57.7 Å². The van der Waals surface area contributed by atoms with Crippen LogP contribution in [0.2, 0.25) is 0 Å². The van der Waals surface area contributed by atoms with Crippen molar-refractivity contribution in [2.75, 3.05) is 20.3 Å². The summed E-state index contributed by atoms with van der Waals surface area (Å²) in [6, 6.07) is 22.6. The lowest BCUT2D eigenvalue weighted by Gasteiger charge is -2.13. The topological polar surface area (TPSA) is 106 Å². The molecule has 0 unspecified atom stereocenters. The van der Waals surface area contributed by atoms with Gasteiger partial charge in [0.25, 0.3) is 0 Å². The second kappa shape index (κ2) is 16.3. The molecule has 6 bridgehead atoms. The number of nitrogens with zero attached hydrogens (tertiary/aromatic N) is 3. The lowest BCUT2D eigenvalue weighted by atomic mass is 10.0. The standard InChI is InChI=1S/C33H30FN3O3.C4H10O.CH4O/c1-22-28(15-16-38)33-23-9-12-27(13-10-23)39-17-4-2-3-5-18-40-31-20-26(34)11-14-29(31)24-7-6-8-25(19-24)30-21-32(35-22)37(33)36-30;1-4(2,3)5;1-2/h6-14,16,19-21H,2-5,15,17-18H2,1H3;5H,1-3H3;2H,1H3. The van der Waals surface area contributed by atoms with Crippen LogP contribution in [-0.2, 0) is 11.2 Å². The summed E-state index contributed by atoms with van der Waals surface area (Å²) in [6.45, 7) is 8.30. The maximum atomic E-state index is 14.2. The highest BCUT2D eigenvalue weighted by Gasteiger charge is 2.18. The van der Waals surface area contributed by atoms with Crippen LogP contribution < -0.4 is 9.47 Å². The summed E-state index contributed by atoms with van der Waals surface area (Å²) in [5, 5.41) is 20.5. The van der Waals surface area contributed by atoms with Gasteiger partial charge in [0.15, 0.2) is 5.65 Å². The zero-order chi connectivity index (χ0) is 34.0. The molecule has 5 aromatic rings. The first-order chi connectivity index (χ1) is 22.6. The molecule has 248 valence electrons. The number of rotatable bonds is 2. The molecule has 0 atom stereocenters. The molecule has 2 N–H and O–H groups in total. The molecular formula is C38H44FN3O5. The fourth-order valence-electron chi connectivity index (χ4n) is 5.26. The maximum Gasteiger partial charge on any atom is 0.156 e. The minimum absolute atomic E-state index is 0.236. The molecule has 0 fully saturated rings. The number of aliphatic hydroxyl groups excluding tert-OH is 1. The minimum Gasteiger partial charge on any atom is -0.494 e. The van der Waals surface area contributed by atoms with Crippen LogP contribution in [0.5, 0.6) is 11.5 Å². The van der Waals surface area contributed by atoms with Crippen LogP contribution in [0.4, 0.5) is 4.39 Å². The van der Waals surface area contributed by atoms with Crippen molar-refractivity contribution in [3.63, 3.8) is 0 Å². The Hall–Kier alpha value is -4.60. The van der Waals surface area contributed by atoms with Crippen molar-refractivity contribution >= 4 is 11.9 Å². The van der Waals surface area contributed by atoms with Gasteiger partial charge in [0.2, 0.25) is 0 Å². The van der Waals surface area contributed by atoms with E-state index in [1.54, 1.807) is 26.8 Å². The SMILES string of the molecule is CC(C)(C)O.CO.Cc1nc2cc3nn2c(c1CC=O)-c1ccc(cc1)OCCCCCCOc1cc(F)ccc1-c1cccc-3c1. The largest absolute Gasteiger partial charge is 0.494 e. The Labute approximate surface area is 275 Å². The van der Waals surface area contributed by atoms with Crippen molar-refractivity contribution < 1.29 is 28.9 Å². The van der Waals surface area contributed by atoms with E-state index in [0.717, 1.165) is 89.7 Å². The molecule has 0 saturated heterocycles. The summed E-state index contributed by atoms with van der Waals surface area (Å²) in [5.74, 6) is 0.999. The van der Waals surface area contributed by atoms with Gasteiger partial charge in [-0.1, -0.05) is 18.2 Å². The number of aldehydes is 1. The van der Waals surface area contributed by atoms with Gasteiger partial charge in [0.1, 0.15) is 23.6 Å². The Balaban J connectivity index is 0.000000655. The first-order valence-corrected chi connectivity index (χ1v) is 15.9. The first kappa shape index (κ1) is 35.3. The van der Waals surface area contributed by atoms with E-state index in [-0.39, 0.29) is 12.2 Å². The molecule has 0 spiro atoms. The Bertz CT molecular complexity index is 1770. The van der Waals surface area contributed by atoms with E-state index in [2.05, 4.69) is 0 Å². The van der Waals surface area contributed by atoms with Gasteiger partial charge in [0, 0.05) is 53.6 Å². The molecule has 7 rings (SSSR count). The molecule has 0 aliphatic carbocycles. The number of hydrogen-bond acceptors (Lipinski definition) is 7. The van der Waals surface area contributed by atoms with Crippen LogP contribution in [0.3, 0.4) is 0 Å². The van der Waals surface area contributed by atoms with Gasteiger partial charge in [-0.3, -0.25) is 0 Å². The zero-order valence-corrected chi connectivity index (χ0v) is 27.8. The summed E-state index contributed by atoms with van der Waals surface area (Å²) in [7, 11) is 1.00. The lowest BCUT2D eigenvalue weighted by Crippen LogP contribution is -2.10. The predicted molar refractivity (Wildman–Crippen MR) is 183 cm³/mol. The number of aryl methyl sites for hydroxylation is 1. The molecule has 3 aromatic carbocycles. The van der Waals surface area contributed by atoms with Crippen LogP contribution in [-0.4, -0.2) is 57.0 Å². The van der Waals surface area contributed by atoms with E-state index in [1.807, 2.05) is 66.0 Å². The maximum absolute atomic E-state index is 14.2. The van der Waals surface area contributed by atoms with Gasteiger partial charge < -0.3 is 24.5 Å². The van der Waals surface area contributed by atoms with E-state index in [0.29, 0.717) is 24.6 Å². The third kappa shape index (κ3) is 9.47.